The molecule has 0 bridgehead atoms. The van der Waals surface area contributed by atoms with Gasteiger partial charge in [0.15, 0.2) is 0 Å². The molecule has 0 aromatic rings. The lowest BCUT2D eigenvalue weighted by Crippen LogP contribution is -2.40. The first-order chi connectivity index (χ1) is 6.26. The molecular weight excluding hydrogens is 168 g/mol. The zero-order chi connectivity index (χ0) is 10.7. The van der Waals surface area contributed by atoms with Gasteiger partial charge in [0.2, 0.25) is 5.91 Å². The van der Waals surface area contributed by atoms with Crippen molar-refractivity contribution in [2.75, 3.05) is 21.2 Å². The highest BCUT2D eigenvalue weighted by atomic mass is 16.2. The van der Waals surface area contributed by atoms with E-state index in [0.29, 0.717) is 0 Å². The number of carbonyl (C=O) groups is 1. The number of nitrogens with one attached hydrogen (secondary N) is 2. The molecule has 80 valence electrons. The molecule has 0 rings (SSSR count). The van der Waals surface area contributed by atoms with E-state index in [1.54, 1.807) is 7.05 Å². The van der Waals surface area contributed by atoms with Crippen LogP contribution < -0.4 is 10.6 Å². The van der Waals surface area contributed by atoms with Crippen LogP contribution in [0.3, 0.4) is 0 Å². The summed E-state index contributed by atoms with van der Waals surface area (Å²) in [5, 5.41) is 12.6. The lowest BCUT2D eigenvalue weighted by Gasteiger charge is -2.12. The zero-order valence-corrected chi connectivity index (χ0v) is 9.05. The van der Waals surface area contributed by atoms with E-state index in [-0.39, 0.29) is 11.9 Å². The minimum Gasteiger partial charge on any atom is -0.400 e. The van der Waals surface area contributed by atoms with E-state index in [9.17, 15) is 4.79 Å². The summed E-state index contributed by atoms with van der Waals surface area (Å²) in [6.07, 6.45) is 3.15. The zero-order valence-electron chi connectivity index (χ0n) is 9.05. The van der Waals surface area contributed by atoms with Gasteiger partial charge in [0, 0.05) is 14.2 Å². The van der Waals surface area contributed by atoms with Crippen molar-refractivity contribution in [3.05, 3.63) is 0 Å². The van der Waals surface area contributed by atoms with Crippen LogP contribution in [0.4, 0.5) is 0 Å². The lowest BCUT2D eigenvalue weighted by atomic mass is 10.1. The highest BCUT2D eigenvalue weighted by molar-refractivity contribution is 5.81. The van der Waals surface area contributed by atoms with Crippen molar-refractivity contribution in [3.63, 3.8) is 0 Å². The van der Waals surface area contributed by atoms with Crippen LogP contribution in [0, 0.1) is 0 Å². The Bertz CT molecular complexity index is 118. The third-order valence-corrected chi connectivity index (χ3v) is 1.76. The van der Waals surface area contributed by atoms with Gasteiger partial charge in [-0.1, -0.05) is 19.8 Å². The molecule has 0 heterocycles. The molecule has 0 aliphatic rings. The van der Waals surface area contributed by atoms with Crippen LogP contribution in [0.5, 0.6) is 0 Å². The quantitative estimate of drug-likeness (QED) is 0.577. The maximum absolute atomic E-state index is 11.1. The van der Waals surface area contributed by atoms with Crippen LogP contribution in [0.2, 0.25) is 0 Å². The van der Waals surface area contributed by atoms with Crippen LogP contribution in [-0.4, -0.2) is 38.3 Å². The van der Waals surface area contributed by atoms with Crippen LogP contribution >= 0.6 is 0 Å². The molecule has 4 nitrogen and oxygen atoms in total. The van der Waals surface area contributed by atoms with E-state index in [0.717, 1.165) is 26.4 Å². The van der Waals surface area contributed by atoms with Gasteiger partial charge in [0.05, 0.1) is 6.04 Å². The number of likely N-dealkylation sites (N-methyl/N-ethyl adjacent to an activating group) is 2. The molecule has 1 atom stereocenters. The second-order valence-corrected chi connectivity index (χ2v) is 2.60. The number of carbonyl (C=O) groups excluding carboxylic acids is 1. The maximum atomic E-state index is 11.1. The summed E-state index contributed by atoms with van der Waals surface area (Å²) in [6.45, 7) is 2.12. The Hall–Kier alpha value is -0.610. The lowest BCUT2D eigenvalue weighted by molar-refractivity contribution is -0.122. The fourth-order valence-corrected chi connectivity index (χ4v) is 0.989. The summed E-state index contributed by atoms with van der Waals surface area (Å²) >= 11 is 0. The Kier molecular flexibility index (Phi) is 13.0. The molecule has 3 N–H and O–H groups in total. The van der Waals surface area contributed by atoms with Crippen molar-refractivity contribution in [1.29, 1.82) is 0 Å². The number of unbranched alkanes of at least 4 members (excludes halogenated alkanes) is 1. The van der Waals surface area contributed by atoms with Crippen molar-refractivity contribution in [2.24, 2.45) is 0 Å². The molecule has 0 spiro atoms. The molecule has 0 saturated carbocycles. The van der Waals surface area contributed by atoms with Gasteiger partial charge in [-0.2, -0.15) is 0 Å². The fourth-order valence-electron chi connectivity index (χ4n) is 0.989. The standard InChI is InChI=1S/C8H18N2O.CH4O/c1-4-5-6-7(9-2)8(11)10-3;1-2/h7,9H,4-6H2,1-3H3,(H,10,11);2H,1H3. The number of hydrogen-bond acceptors (Lipinski definition) is 3. The third kappa shape index (κ3) is 7.74. The molecule has 1 unspecified atom stereocenters. The molecular formula is C9H22N2O2. The summed E-state index contributed by atoms with van der Waals surface area (Å²) in [5.74, 6) is 0.0842. The maximum Gasteiger partial charge on any atom is 0.236 e. The summed E-state index contributed by atoms with van der Waals surface area (Å²) in [4.78, 5) is 11.1. The van der Waals surface area contributed by atoms with Crippen LogP contribution in [0.15, 0.2) is 0 Å². The van der Waals surface area contributed by atoms with E-state index >= 15 is 0 Å². The van der Waals surface area contributed by atoms with Gasteiger partial charge >= 0.3 is 0 Å². The summed E-state index contributed by atoms with van der Waals surface area (Å²) in [6, 6.07) is -0.0139. The predicted octanol–water partition coefficient (Wildman–Crippen LogP) is 0.119. The number of aliphatic hydroxyl groups is 1. The summed E-state index contributed by atoms with van der Waals surface area (Å²) < 4.78 is 0. The van der Waals surface area contributed by atoms with Crippen molar-refractivity contribution in [1.82, 2.24) is 10.6 Å². The molecule has 0 aliphatic heterocycles. The molecule has 4 heteroatoms. The number of hydrogen-bond donors (Lipinski definition) is 3. The molecule has 0 aliphatic carbocycles. The minimum atomic E-state index is -0.0139. The molecule has 0 aromatic heterocycles. The van der Waals surface area contributed by atoms with Gasteiger partial charge in [-0.05, 0) is 13.5 Å². The smallest absolute Gasteiger partial charge is 0.236 e. The van der Waals surface area contributed by atoms with Crippen LogP contribution in [0.25, 0.3) is 0 Å². The average molecular weight is 190 g/mol. The first kappa shape index (κ1) is 14.9. The monoisotopic (exact) mass is 190 g/mol. The van der Waals surface area contributed by atoms with Crippen LogP contribution in [-0.2, 0) is 4.79 Å². The van der Waals surface area contributed by atoms with E-state index < -0.39 is 0 Å². The first-order valence-electron chi connectivity index (χ1n) is 4.59. The van der Waals surface area contributed by atoms with Gasteiger partial charge in [-0.25, -0.2) is 0 Å². The fraction of sp³-hybridized carbons (Fsp3) is 0.889. The van der Waals surface area contributed by atoms with E-state index in [4.69, 9.17) is 5.11 Å². The Balaban J connectivity index is 0. The first-order valence-corrected chi connectivity index (χ1v) is 4.59. The van der Waals surface area contributed by atoms with Crippen molar-refractivity contribution < 1.29 is 9.90 Å². The van der Waals surface area contributed by atoms with Crippen molar-refractivity contribution in [2.45, 2.75) is 32.2 Å². The second-order valence-electron chi connectivity index (χ2n) is 2.60. The average Bonchev–Trinajstić information content (AvgIpc) is 2.21. The normalized spacial score (nSPS) is 11.2. The molecule has 13 heavy (non-hydrogen) atoms. The topological polar surface area (TPSA) is 61.4 Å². The Labute approximate surface area is 80.7 Å². The van der Waals surface area contributed by atoms with E-state index in [1.165, 1.54) is 0 Å². The molecule has 0 saturated heterocycles. The Morgan fingerprint density at radius 2 is 1.92 bits per heavy atom. The van der Waals surface area contributed by atoms with Crippen LogP contribution in [0.1, 0.15) is 26.2 Å². The Morgan fingerprint density at radius 1 is 1.38 bits per heavy atom. The highest BCUT2D eigenvalue weighted by Gasteiger charge is 2.12. The number of amides is 1. The van der Waals surface area contributed by atoms with Crippen molar-refractivity contribution in [3.8, 4) is 0 Å². The summed E-state index contributed by atoms with van der Waals surface area (Å²) in [5.41, 5.74) is 0. The SMILES string of the molecule is CCCCC(NC)C(=O)NC.CO. The molecule has 0 aromatic carbocycles. The molecule has 0 radical (unpaired) electrons. The van der Waals surface area contributed by atoms with E-state index in [2.05, 4.69) is 17.6 Å². The van der Waals surface area contributed by atoms with Gasteiger partial charge < -0.3 is 15.7 Å². The Morgan fingerprint density at radius 3 is 2.23 bits per heavy atom. The number of rotatable bonds is 5. The molecule has 1 amide bonds. The van der Waals surface area contributed by atoms with Gasteiger partial charge in [-0.3, -0.25) is 4.79 Å². The van der Waals surface area contributed by atoms with E-state index in [1.807, 2.05) is 7.05 Å². The molecule has 0 fully saturated rings. The second kappa shape index (κ2) is 11.4. The van der Waals surface area contributed by atoms with Gasteiger partial charge in [0.1, 0.15) is 0 Å². The van der Waals surface area contributed by atoms with Crippen molar-refractivity contribution >= 4 is 5.91 Å². The minimum absolute atomic E-state index is 0.0139. The highest BCUT2D eigenvalue weighted by Crippen LogP contribution is 1.99. The number of aliphatic hydroxyl groups excluding tert-OH is 1. The summed E-state index contributed by atoms with van der Waals surface area (Å²) in [7, 11) is 4.48. The largest absolute Gasteiger partial charge is 0.400 e. The predicted molar refractivity (Wildman–Crippen MR) is 54.6 cm³/mol. The van der Waals surface area contributed by atoms with Gasteiger partial charge in [0.25, 0.3) is 0 Å². The van der Waals surface area contributed by atoms with Gasteiger partial charge in [-0.15, -0.1) is 0 Å². The third-order valence-electron chi connectivity index (χ3n) is 1.76.